The van der Waals surface area contributed by atoms with Crippen LogP contribution in [0.5, 0.6) is 5.19 Å². The first-order valence-corrected chi connectivity index (χ1v) is 8.37. The SMILES string of the molecule is CCOc1nnc(CN2CCN(C(=O)c3cc(C)no3)CC2)s1. The average molecular weight is 337 g/mol. The molecular formula is C14H19N5O3S. The first kappa shape index (κ1) is 15.9. The maximum atomic E-state index is 12.3. The van der Waals surface area contributed by atoms with Gasteiger partial charge in [0.25, 0.3) is 11.1 Å². The van der Waals surface area contributed by atoms with Crippen LogP contribution in [0.15, 0.2) is 10.6 Å². The van der Waals surface area contributed by atoms with Gasteiger partial charge in [0.05, 0.1) is 18.8 Å². The number of nitrogens with zero attached hydrogens (tertiary/aromatic N) is 5. The number of hydrogen-bond donors (Lipinski definition) is 0. The molecule has 0 N–H and O–H groups in total. The van der Waals surface area contributed by atoms with Crippen LogP contribution >= 0.6 is 11.3 Å². The lowest BCUT2D eigenvalue weighted by Crippen LogP contribution is -2.48. The second-order valence-electron chi connectivity index (χ2n) is 5.30. The Hall–Kier alpha value is -2.00. The molecule has 124 valence electrons. The minimum atomic E-state index is -0.0974. The van der Waals surface area contributed by atoms with Crippen molar-refractivity contribution in [3.8, 4) is 5.19 Å². The number of ether oxygens (including phenoxy) is 1. The summed E-state index contributed by atoms with van der Waals surface area (Å²) in [6.45, 7) is 7.96. The molecule has 3 heterocycles. The molecule has 0 saturated carbocycles. The zero-order valence-corrected chi connectivity index (χ0v) is 14.0. The van der Waals surface area contributed by atoms with E-state index in [4.69, 9.17) is 9.26 Å². The summed E-state index contributed by atoms with van der Waals surface area (Å²) in [5, 5.41) is 13.4. The minimum Gasteiger partial charge on any atom is -0.469 e. The molecule has 1 saturated heterocycles. The van der Waals surface area contributed by atoms with Crippen LogP contribution < -0.4 is 4.74 Å². The van der Waals surface area contributed by atoms with E-state index < -0.39 is 0 Å². The Kier molecular flexibility index (Phi) is 4.87. The fourth-order valence-electron chi connectivity index (χ4n) is 2.40. The number of aryl methyl sites for hydroxylation is 1. The van der Waals surface area contributed by atoms with Gasteiger partial charge >= 0.3 is 0 Å². The highest BCUT2D eigenvalue weighted by molar-refractivity contribution is 7.13. The maximum Gasteiger partial charge on any atom is 0.294 e. The summed E-state index contributed by atoms with van der Waals surface area (Å²) in [6, 6.07) is 1.67. The summed E-state index contributed by atoms with van der Waals surface area (Å²) in [4.78, 5) is 16.3. The fourth-order valence-corrected chi connectivity index (χ4v) is 3.19. The van der Waals surface area contributed by atoms with Crippen molar-refractivity contribution in [2.45, 2.75) is 20.4 Å². The molecule has 0 unspecified atom stereocenters. The van der Waals surface area contributed by atoms with Gasteiger partial charge in [0.1, 0.15) is 5.01 Å². The van der Waals surface area contributed by atoms with Crippen molar-refractivity contribution in [3.05, 3.63) is 22.5 Å². The van der Waals surface area contributed by atoms with Crippen LogP contribution in [0.3, 0.4) is 0 Å². The fraction of sp³-hybridized carbons (Fsp3) is 0.571. The van der Waals surface area contributed by atoms with E-state index in [1.165, 1.54) is 11.3 Å². The van der Waals surface area contributed by atoms with Gasteiger partial charge in [-0.15, -0.1) is 10.2 Å². The Morgan fingerprint density at radius 2 is 2.13 bits per heavy atom. The van der Waals surface area contributed by atoms with Crippen molar-refractivity contribution in [3.63, 3.8) is 0 Å². The Balaban J connectivity index is 1.50. The van der Waals surface area contributed by atoms with Gasteiger partial charge in [-0.25, -0.2) is 0 Å². The number of carbonyl (C=O) groups excluding carboxylic acids is 1. The van der Waals surface area contributed by atoms with Gasteiger partial charge in [0.15, 0.2) is 0 Å². The Labute approximate surface area is 138 Å². The van der Waals surface area contributed by atoms with E-state index in [-0.39, 0.29) is 5.91 Å². The Morgan fingerprint density at radius 1 is 1.35 bits per heavy atom. The van der Waals surface area contributed by atoms with Gasteiger partial charge in [-0.1, -0.05) is 16.5 Å². The van der Waals surface area contributed by atoms with Gasteiger partial charge in [0, 0.05) is 32.2 Å². The second-order valence-corrected chi connectivity index (χ2v) is 6.32. The molecule has 1 aliphatic rings. The van der Waals surface area contributed by atoms with E-state index in [0.717, 1.165) is 24.6 Å². The summed E-state index contributed by atoms with van der Waals surface area (Å²) < 4.78 is 10.4. The van der Waals surface area contributed by atoms with Crippen LogP contribution in [0.25, 0.3) is 0 Å². The van der Waals surface area contributed by atoms with E-state index in [2.05, 4.69) is 20.3 Å². The quantitative estimate of drug-likeness (QED) is 0.810. The summed E-state index contributed by atoms with van der Waals surface area (Å²) >= 11 is 1.47. The highest BCUT2D eigenvalue weighted by Crippen LogP contribution is 2.20. The van der Waals surface area contributed by atoms with Crippen LogP contribution in [0.2, 0.25) is 0 Å². The summed E-state index contributed by atoms with van der Waals surface area (Å²) in [6.07, 6.45) is 0. The number of hydrogen-bond acceptors (Lipinski definition) is 8. The first-order chi connectivity index (χ1) is 11.2. The normalized spacial score (nSPS) is 15.8. The van der Waals surface area contributed by atoms with Crippen LogP contribution in [0.1, 0.15) is 28.2 Å². The number of aromatic nitrogens is 3. The predicted octanol–water partition coefficient (Wildman–Crippen LogP) is 1.19. The Morgan fingerprint density at radius 3 is 2.78 bits per heavy atom. The van der Waals surface area contributed by atoms with E-state index in [9.17, 15) is 4.79 Å². The van der Waals surface area contributed by atoms with Crippen LogP contribution in [-0.4, -0.2) is 63.8 Å². The van der Waals surface area contributed by atoms with Gasteiger partial charge in [-0.05, 0) is 13.8 Å². The van der Waals surface area contributed by atoms with Gasteiger partial charge in [-0.3, -0.25) is 9.69 Å². The molecule has 0 aromatic carbocycles. The van der Waals surface area contributed by atoms with Gasteiger partial charge < -0.3 is 14.2 Å². The molecule has 2 aromatic rings. The summed E-state index contributed by atoms with van der Waals surface area (Å²) in [7, 11) is 0. The smallest absolute Gasteiger partial charge is 0.294 e. The lowest BCUT2D eigenvalue weighted by molar-refractivity contribution is 0.0588. The zero-order chi connectivity index (χ0) is 16.2. The molecule has 8 nitrogen and oxygen atoms in total. The van der Waals surface area contributed by atoms with Gasteiger partial charge in [0.2, 0.25) is 5.76 Å². The van der Waals surface area contributed by atoms with Crippen molar-refractivity contribution in [1.82, 2.24) is 25.2 Å². The number of amides is 1. The van der Waals surface area contributed by atoms with Crippen molar-refractivity contribution in [2.75, 3.05) is 32.8 Å². The first-order valence-electron chi connectivity index (χ1n) is 7.56. The third-order valence-electron chi connectivity index (χ3n) is 3.57. The molecule has 2 aromatic heterocycles. The van der Waals surface area contributed by atoms with E-state index in [1.54, 1.807) is 17.9 Å². The van der Waals surface area contributed by atoms with Crippen molar-refractivity contribution in [1.29, 1.82) is 0 Å². The topological polar surface area (TPSA) is 84.6 Å². The molecule has 0 atom stereocenters. The third kappa shape index (κ3) is 3.85. The molecular weight excluding hydrogens is 318 g/mol. The third-order valence-corrected chi connectivity index (χ3v) is 4.39. The van der Waals surface area contributed by atoms with Crippen molar-refractivity contribution >= 4 is 17.2 Å². The molecule has 3 rings (SSSR count). The molecule has 1 amide bonds. The molecule has 0 aliphatic carbocycles. The lowest BCUT2D eigenvalue weighted by Gasteiger charge is -2.33. The molecule has 1 aliphatic heterocycles. The highest BCUT2D eigenvalue weighted by Gasteiger charge is 2.25. The standard InChI is InChI=1S/C14H19N5O3S/c1-3-21-14-16-15-12(23-14)9-18-4-6-19(7-5-18)13(20)11-8-10(2)17-22-11/h8H,3-7,9H2,1-2H3. The number of piperazine rings is 1. The van der Waals surface area contributed by atoms with E-state index in [1.807, 2.05) is 6.92 Å². The van der Waals surface area contributed by atoms with Crippen molar-refractivity contribution < 1.29 is 14.1 Å². The average Bonchev–Trinajstić information content (AvgIpc) is 3.17. The predicted molar refractivity (Wildman–Crippen MR) is 83.5 cm³/mol. The highest BCUT2D eigenvalue weighted by atomic mass is 32.1. The minimum absolute atomic E-state index is 0.0974. The number of carbonyl (C=O) groups is 1. The van der Waals surface area contributed by atoms with Crippen LogP contribution in [0.4, 0.5) is 0 Å². The molecule has 9 heteroatoms. The maximum absolute atomic E-state index is 12.3. The molecule has 0 radical (unpaired) electrons. The lowest BCUT2D eigenvalue weighted by atomic mass is 10.2. The van der Waals surface area contributed by atoms with Crippen LogP contribution in [-0.2, 0) is 6.54 Å². The second kappa shape index (κ2) is 7.05. The number of rotatable bonds is 5. The molecule has 0 bridgehead atoms. The molecule has 1 fully saturated rings. The Bertz CT molecular complexity index is 663. The summed E-state index contributed by atoms with van der Waals surface area (Å²) in [5.41, 5.74) is 0.716. The van der Waals surface area contributed by atoms with Crippen LogP contribution in [0, 0.1) is 6.92 Å². The largest absolute Gasteiger partial charge is 0.469 e. The van der Waals surface area contributed by atoms with E-state index >= 15 is 0 Å². The van der Waals surface area contributed by atoms with Crippen molar-refractivity contribution in [2.24, 2.45) is 0 Å². The van der Waals surface area contributed by atoms with E-state index in [0.29, 0.717) is 36.3 Å². The summed E-state index contributed by atoms with van der Waals surface area (Å²) in [5.74, 6) is 0.209. The zero-order valence-electron chi connectivity index (χ0n) is 13.2. The monoisotopic (exact) mass is 337 g/mol. The molecule has 0 spiro atoms. The van der Waals surface area contributed by atoms with Gasteiger partial charge in [-0.2, -0.15) is 0 Å². The molecule has 23 heavy (non-hydrogen) atoms.